The van der Waals surface area contributed by atoms with Crippen LogP contribution >= 0.6 is 15.9 Å². The van der Waals surface area contributed by atoms with Gasteiger partial charge in [-0.25, -0.2) is 4.98 Å². The number of pyridine rings is 1. The van der Waals surface area contributed by atoms with Crippen LogP contribution in [0.15, 0.2) is 16.7 Å². The first kappa shape index (κ1) is 16.3. The molecule has 1 N–H and O–H groups in total. The Balaban J connectivity index is 2.32. The van der Waals surface area contributed by atoms with Crippen molar-refractivity contribution in [3.05, 3.63) is 22.3 Å². The molecular weight excluding hydrogens is 330 g/mol. The Morgan fingerprint density at radius 2 is 2.19 bits per heavy atom. The van der Waals surface area contributed by atoms with Gasteiger partial charge in [0.15, 0.2) is 0 Å². The van der Waals surface area contributed by atoms with Crippen LogP contribution in [0.3, 0.4) is 0 Å². The summed E-state index contributed by atoms with van der Waals surface area (Å²) in [5.74, 6) is 1.82. The Bertz CT molecular complexity index is 520. The minimum absolute atomic E-state index is 0.0747. The molecule has 3 atom stereocenters. The molecule has 2 rings (SSSR count). The van der Waals surface area contributed by atoms with Gasteiger partial charge >= 0.3 is 0 Å². The first-order valence-electron chi connectivity index (χ1n) is 7.64. The van der Waals surface area contributed by atoms with Crippen molar-refractivity contribution >= 4 is 27.7 Å². The second-order valence-corrected chi connectivity index (χ2v) is 7.01. The summed E-state index contributed by atoms with van der Waals surface area (Å²) in [6.45, 7) is 10.2. The van der Waals surface area contributed by atoms with Crippen molar-refractivity contribution < 1.29 is 4.79 Å². The number of amides is 1. The van der Waals surface area contributed by atoms with Gasteiger partial charge in [-0.15, -0.1) is 0 Å². The zero-order valence-corrected chi connectivity index (χ0v) is 14.8. The van der Waals surface area contributed by atoms with Crippen LogP contribution in [0.1, 0.15) is 44.5 Å². The number of likely N-dealkylation sites (tertiary alicyclic amines) is 1. The van der Waals surface area contributed by atoms with Crippen LogP contribution in [0, 0.1) is 11.8 Å². The van der Waals surface area contributed by atoms with Crippen LogP contribution < -0.4 is 5.32 Å². The average Bonchev–Trinajstić information content (AvgIpc) is 2.44. The van der Waals surface area contributed by atoms with Gasteiger partial charge in [0.05, 0.1) is 5.56 Å². The zero-order chi connectivity index (χ0) is 15.6. The number of carbonyl (C=O) groups excluding carboxylic acids is 1. The summed E-state index contributed by atoms with van der Waals surface area (Å²) in [4.78, 5) is 19.3. The van der Waals surface area contributed by atoms with Gasteiger partial charge in [0.1, 0.15) is 5.82 Å². The van der Waals surface area contributed by atoms with Crippen molar-refractivity contribution in [2.24, 2.45) is 11.8 Å². The molecule has 1 aliphatic rings. The van der Waals surface area contributed by atoms with E-state index in [0.717, 1.165) is 17.6 Å². The largest absolute Gasteiger partial charge is 0.370 e. The van der Waals surface area contributed by atoms with Gasteiger partial charge in [0.2, 0.25) is 0 Å². The number of aromatic nitrogens is 1. The lowest BCUT2D eigenvalue weighted by atomic mass is 9.85. The van der Waals surface area contributed by atoms with Crippen LogP contribution in [0.25, 0.3) is 0 Å². The highest BCUT2D eigenvalue weighted by Crippen LogP contribution is 2.29. The Morgan fingerprint density at radius 3 is 2.86 bits per heavy atom. The molecule has 21 heavy (non-hydrogen) atoms. The predicted molar refractivity (Wildman–Crippen MR) is 89.5 cm³/mol. The molecule has 1 amide bonds. The highest BCUT2D eigenvalue weighted by atomic mass is 79.9. The molecule has 1 aliphatic heterocycles. The maximum absolute atomic E-state index is 13.0. The summed E-state index contributed by atoms with van der Waals surface area (Å²) in [5, 5.41) is 3.18. The van der Waals surface area contributed by atoms with Crippen molar-refractivity contribution in [3.8, 4) is 0 Å². The lowest BCUT2D eigenvalue weighted by Gasteiger charge is -2.41. The van der Waals surface area contributed by atoms with Gasteiger partial charge < -0.3 is 10.2 Å². The summed E-state index contributed by atoms with van der Waals surface area (Å²) in [6.07, 6.45) is 2.90. The monoisotopic (exact) mass is 353 g/mol. The van der Waals surface area contributed by atoms with Gasteiger partial charge in [-0.2, -0.15) is 0 Å². The number of piperidine rings is 1. The van der Waals surface area contributed by atoms with Crippen molar-refractivity contribution in [2.45, 2.75) is 40.2 Å². The molecule has 0 spiro atoms. The SMILES string of the molecule is CCNc1ncc(Br)cc1C(=O)N1CC(C)CC(C)C1C. The normalized spacial score (nSPS) is 25.8. The van der Waals surface area contributed by atoms with Crippen LogP contribution in [0.2, 0.25) is 0 Å². The van der Waals surface area contributed by atoms with Crippen LogP contribution in [0.5, 0.6) is 0 Å². The van der Waals surface area contributed by atoms with E-state index in [1.807, 2.05) is 17.9 Å². The van der Waals surface area contributed by atoms with Crippen LogP contribution in [-0.2, 0) is 0 Å². The average molecular weight is 354 g/mol. The highest BCUT2D eigenvalue weighted by Gasteiger charge is 2.33. The number of hydrogen-bond acceptors (Lipinski definition) is 3. The van der Waals surface area contributed by atoms with Crippen LogP contribution in [0.4, 0.5) is 5.82 Å². The third-order valence-electron chi connectivity index (χ3n) is 4.29. The highest BCUT2D eigenvalue weighted by molar-refractivity contribution is 9.10. The molecule has 1 aromatic rings. The van der Waals surface area contributed by atoms with Gasteiger partial charge in [0.25, 0.3) is 5.91 Å². The summed E-state index contributed by atoms with van der Waals surface area (Å²) >= 11 is 3.42. The number of nitrogens with one attached hydrogen (secondary N) is 1. The molecule has 0 aliphatic carbocycles. The van der Waals surface area contributed by atoms with Gasteiger partial charge in [0, 0.05) is 29.8 Å². The number of rotatable bonds is 3. The van der Waals surface area contributed by atoms with E-state index in [1.165, 1.54) is 6.42 Å². The van der Waals surface area contributed by atoms with Crippen molar-refractivity contribution in [2.75, 3.05) is 18.4 Å². The van der Waals surface area contributed by atoms with Crippen molar-refractivity contribution in [1.29, 1.82) is 0 Å². The van der Waals surface area contributed by atoms with Crippen molar-refractivity contribution in [3.63, 3.8) is 0 Å². The fourth-order valence-corrected chi connectivity index (χ4v) is 3.38. The lowest BCUT2D eigenvalue weighted by Crippen LogP contribution is -2.49. The molecule has 5 heteroatoms. The topological polar surface area (TPSA) is 45.2 Å². The first-order chi connectivity index (χ1) is 9.93. The van der Waals surface area contributed by atoms with Gasteiger partial charge in [-0.05, 0) is 54.1 Å². The quantitative estimate of drug-likeness (QED) is 0.899. The first-order valence-corrected chi connectivity index (χ1v) is 8.43. The zero-order valence-electron chi connectivity index (χ0n) is 13.2. The second kappa shape index (κ2) is 6.77. The number of halogens is 1. The summed E-state index contributed by atoms with van der Waals surface area (Å²) in [6, 6.07) is 2.13. The molecule has 116 valence electrons. The third-order valence-corrected chi connectivity index (χ3v) is 4.72. The summed E-state index contributed by atoms with van der Waals surface area (Å²) < 4.78 is 0.832. The molecule has 0 bridgehead atoms. The number of carbonyl (C=O) groups is 1. The molecule has 0 saturated carbocycles. The molecule has 1 aromatic heterocycles. The Kier molecular flexibility index (Phi) is 5.25. The third kappa shape index (κ3) is 3.57. The number of anilines is 1. The van der Waals surface area contributed by atoms with Gasteiger partial charge in [-0.1, -0.05) is 13.8 Å². The number of hydrogen-bond donors (Lipinski definition) is 1. The van der Waals surface area contributed by atoms with E-state index in [0.29, 0.717) is 23.2 Å². The van der Waals surface area contributed by atoms with E-state index in [4.69, 9.17) is 0 Å². The molecule has 1 fully saturated rings. The molecule has 3 unspecified atom stereocenters. The number of nitrogens with zero attached hydrogens (tertiary/aromatic N) is 2. The summed E-state index contributed by atoms with van der Waals surface area (Å²) in [7, 11) is 0. The second-order valence-electron chi connectivity index (χ2n) is 6.10. The fourth-order valence-electron chi connectivity index (χ4n) is 3.05. The fraction of sp³-hybridized carbons (Fsp3) is 0.625. The minimum Gasteiger partial charge on any atom is -0.370 e. The Labute approximate surface area is 135 Å². The Morgan fingerprint density at radius 1 is 1.48 bits per heavy atom. The lowest BCUT2D eigenvalue weighted by molar-refractivity contribution is 0.0456. The molecule has 4 nitrogen and oxygen atoms in total. The van der Waals surface area contributed by atoms with Gasteiger partial charge in [-0.3, -0.25) is 4.79 Å². The molecule has 1 saturated heterocycles. The van der Waals surface area contributed by atoms with E-state index >= 15 is 0 Å². The molecular formula is C16H24BrN3O. The maximum Gasteiger partial charge on any atom is 0.257 e. The van der Waals surface area contributed by atoms with Crippen LogP contribution in [-0.4, -0.2) is 34.9 Å². The molecule has 0 aromatic carbocycles. The standard InChI is InChI=1S/C16H24BrN3O/c1-5-18-15-14(7-13(17)8-19-15)16(21)20-9-10(2)6-11(3)12(20)4/h7-8,10-12H,5-6,9H2,1-4H3,(H,18,19). The molecule has 2 heterocycles. The van der Waals surface area contributed by atoms with E-state index in [9.17, 15) is 4.79 Å². The Hall–Kier alpha value is -1.10. The maximum atomic E-state index is 13.0. The van der Waals surface area contributed by atoms with E-state index in [1.54, 1.807) is 6.20 Å². The minimum atomic E-state index is 0.0747. The van der Waals surface area contributed by atoms with Crippen molar-refractivity contribution in [1.82, 2.24) is 9.88 Å². The van der Waals surface area contributed by atoms with E-state index < -0.39 is 0 Å². The van der Waals surface area contributed by atoms with E-state index in [2.05, 4.69) is 47.0 Å². The smallest absolute Gasteiger partial charge is 0.257 e. The summed E-state index contributed by atoms with van der Waals surface area (Å²) in [5.41, 5.74) is 0.652. The van der Waals surface area contributed by atoms with E-state index in [-0.39, 0.29) is 11.9 Å². The predicted octanol–water partition coefficient (Wildman–Crippen LogP) is 3.78. The molecule has 0 radical (unpaired) electrons.